The van der Waals surface area contributed by atoms with Gasteiger partial charge >= 0.3 is 0 Å². The van der Waals surface area contributed by atoms with Crippen LogP contribution in [0.2, 0.25) is 0 Å². The summed E-state index contributed by atoms with van der Waals surface area (Å²) in [5, 5.41) is 6.65. The second kappa shape index (κ2) is 6.87. The van der Waals surface area contributed by atoms with Crippen LogP contribution in [0.25, 0.3) is 0 Å². The lowest BCUT2D eigenvalue weighted by Crippen LogP contribution is -2.49. The van der Waals surface area contributed by atoms with E-state index in [1.54, 1.807) is 0 Å². The molecule has 20 heavy (non-hydrogen) atoms. The quantitative estimate of drug-likeness (QED) is 0.765. The summed E-state index contributed by atoms with van der Waals surface area (Å²) in [6.07, 6.45) is 6.10. The van der Waals surface area contributed by atoms with Crippen molar-refractivity contribution in [2.75, 3.05) is 45.8 Å². The van der Waals surface area contributed by atoms with E-state index in [4.69, 9.17) is 0 Å². The summed E-state index contributed by atoms with van der Waals surface area (Å²) in [6, 6.07) is 1.14. The maximum Gasteiger partial charge on any atom is 0.234 e. The Morgan fingerprint density at radius 1 is 1.10 bits per heavy atom. The molecular formula is C15H28N4O. The minimum Gasteiger partial charge on any atom is -0.352 e. The Morgan fingerprint density at radius 2 is 2.05 bits per heavy atom. The van der Waals surface area contributed by atoms with Crippen LogP contribution in [-0.4, -0.2) is 73.6 Å². The van der Waals surface area contributed by atoms with Gasteiger partial charge in [-0.25, -0.2) is 0 Å². The van der Waals surface area contributed by atoms with Crippen molar-refractivity contribution in [2.45, 2.75) is 44.2 Å². The van der Waals surface area contributed by atoms with Crippen LogP contribution in [0.5, 0.6) is 0 Å². The Bertz CT molecular complexity index is 328. The number of rotatable bonds is 3. The first-order chi connectivity index (χ1) is 9.81. The summed E-state index contributed by atoms with van der Waals surface area (Å²) in [5.74, 6) is 0.225. The number of fused-ring (bicyclic) bond motifs is 1. The van der Waals surface area contributed by atoms with Crippen molar-refractivity contribution in [3.8, 4) is 0 Å². The van der Waals surface area contributed by atoms with E-state index in [0.717, 1.165) is 51.5 Å². The van der Waals surface area contributed by atoms with E-state index in [9.17, 15) is 4.79 Å². The molecule has 0 spiro atoms. The molecule has 0 aromatic rings. The Hall–Kier alpha value is -0.650. The molecule has 1 amide bonds. The van der Waals surface area contributed by atoms with Crippen LogP contribution in [0, 0.1) is 0 Å². The van der Waals surface area contributed by atoms with Crippen LogP contribution in [0.1, 0.15) is 32.1 Å². The third kappa shape index (κ3) is 3.71. The fraction of sp³-hybridized carbons (Fsp3) is 0.933. The molecule has 3 aliphatic heterocycles. The van der Waals surface area contributed by atoms with Gasteiger partial charge in [0, 0.05) is 31.7 Å². The minimum atomic E-state index is 0.225. The predicted octanol–water partition coefficient (Wildman–Crippen LogP) is 0.0247. The van der Waals surface area contributed by atoms with Crippen molar-refractivity contribution in [3.63, 3.8) is 0 Å². The van der Waals surface area contributed by atoms with Crippen molar-refractivity contribution in [2.24, 2.45) is 0 Å². The Kier molecular flexibility index (Phi) is 4.91. The SMILES string of the molecule is O=C(CN1CCCNCC1)NC1CCN2CCCC2C1. The molecule has 3 heterocycles. The maximum atomic E-state index is 12.2. The average molecular weight is 280 g/mol. The van der Waals surface area contributed by atoms with Crippen molar-refractivity contribution < 1.29 is 4.79 Å². The molecule has 3 saturated heterocycles. The highest BCUT2D eigenvalue weighted by Gasteiger charge is 2.32. The largest absolute Gasteiger partial charge is 0.352 e. The van der Waals surface area contributed by atoms with Gasteiger partial charge in [-0.3, -0.25) is 9.69 Å². The summed E-state index contributed by atoms with van der Waals surface area (Å²) in [5.41, 5.74) is 0. The number of nitrogens with one attached hydrogen (secondary N) is 2. The first-order valence-electron chi connectivity index (χ1n) is 8.28. The van der Waals surface area contributed by atoms with E-state index in [0.29, 0.717) is 12.6 Å². The van der Waals surface area contributed by atoms with Crippen molar-refractivity contribution in [3.05, 3.63) is 0 Å². The van der Waals surface area contributed by atoms with Gasteiger partial charge in [0.15, 0.2) is 0 Å². The van der Waals surface area contributed by atoms with Gasteiger partial charge in [-0.15, -0.1) is 0 Å². The Morgan fingerprint density at radius 3 is 3.00 bits per heavy atom. The van der Waals surface area contributed by atoms with Crippen LogP contribution < -0.4 is 10.6 Å². The molecule has 0 aliphatic carbocycles. The highest BCUT2D eigenvalue weighted by molar-refractivity contribution is 5.78. The molecule has 2 N–H and O–H groups in total. The molecule has 5 nitrogen and oxygen atoms in total. The second-order valence-corrected chi connectivity index (χ2v) is 6.50. The van der Waals surface area contributed by atoms with E-state index in [1.165, 1.54) is 25.9 Å². The molecule has 0 radical (unpaired) electrons. The fourth-order valence-corrected chi connectivity index (χ4v) is 3.89. The van der Waals surface area contributed by atoms with Crippen LogP contribution >= 0.6 is 0 Å². The molecule has 2 unspecified atom stereocenters. The molecule has 3 aliphatic rings. The van der Waals surface area contributed by atoms with Gasteiger partial charge in [0.1, 0.15) is 0 Å². The first-order valence-corrected chi connectivity index (χ1v) is 8.28. The summed E-state index contributed by atoms with van der Waals surface area (Å²) in [4.78, 5) is 17.1. The number of nitrogens with zero attached hydrogens (tertiary/aromatic N) is 2. The minimum absolute atomic E-state index is 0.225. The molecule has 0 saturated carbocycles. The van der Waals surface area contributed by atoms with Crippen molar-refractivity contribution >= 4 is 5.91 Å². The Labute approximate surface area is 122 Å². The fourth-order valence-electron chi connectivity index (χ4n) is 3.89. The van der Waals surface area contributed by atoms with Gasteiger partial charge in [-0.1, -0.05) is 0 Å². The lowest BCUT2D eigenvalue weighted by atomic mass is 9.97. The van der Waals surface area contributed by atoms with Gasteiger partial charge in [-0.2, -0.15) is 0 Å². The first kappa shape index (κ1) is 14.3. The number of hydrogen-bond donors (Lipinski definition) is 2. The molecule has 0 aromatic carbocycles. The predicted molar refractivity (Wildman–Crippen MR) is 79.7 cm³/mol. The molecule has 5 heteroatoms. The van der Waals surface area contributed by atoms with Crippen LogP contribution in [-0.2, 0) is 4.79 Å². The number of hydrogen-bond acceptors (Lipinski definition) is 4. The highest BCUT2D eigenvalue weighted by atomic mass is 16.2. The number of carbonyl (C=O) groups excluding carboxylic acids is 1. The van der Waals surface area contributed by atoms with Gasteiger partial charge in [-0.05, 0) is 51.7 Å². The van der Waals surface area contributed by atoms with Gasteiger partial charge in [0.05, 0.1) is 6.54 Å². The second-order valence-electron chi connectivity index (χ2n) is 6.50. The molecule has 114 valence electrons. The van der Waals surface area contributed by atoms with E-state index in [1.807, 2.05) is 0 Å². The standard InChI is InChI=1S/C15H28N4O/c20-15(12-18-7-2-5-16-6-10-18)17-13-4-9-19-8-1-3-14(19)11-13/h13-14,16H,1-12H2,(H,17,20). The highest BCUT2D eigenvalue weighted by Crippen LogP contribution is 2.26. The van der Waals surface area contributed by atoms with Crippen LogP contribution in [0.15, 0.2) is 0 Å². The van der Waals surface area contributed by atoms with Gasteiger partial charge in [0.2, 0.25) is 5.91 Å². The normalized spacial score (nSPS) is 32.6. The van der Waals surface area contributed by atoms with Crippen molar-refractivity contribution in [1.82, 2.24) is 20.4 Å². The average Bonchev–Trinajstić information content (AvgIpc) is 2.75. The smallest absolute Gasteiger partial charge is 0.234 e. The molecule has 0 aromatic heterocycles. The molecule has 2 atom stereocenters. The summed E-state index contributed by atoms with van der Waals surface area (Å²) < 4.78 is 0. The summed E-state index contributed by atoms with van der Waals surface area (Å²) in [7, 11) is 0. The maximum absolute atomic E-state index is 12.2. The lowest BCUT2D eigenvalue weighted by molar-refractivity contribution is -0.123. The van der Waals surface area contributed by atoms with E-state index < -0.39 is 0 Å². The monoisotopic (exact) mass is 280 g/mol. The van der Waals surface area contributed by atoms with Crippen molar-refractivity contribution in [1.29, 1.82) is 0 Å². The number of piperidine rings is 1. The van der Waals surface area contributed by atoms with E-state index in [-0.39, 0.29) is 5.91 Å². The van der Waals surface area contributed by atoms with Crippen LogP contribution in [0.3, 0.4) is 0 Å². The molecular weight excluding hydrogens is 252 g/mol. The third-order valence-electron chi connectivity index (χ3n) is 4.99. The molecule has 3 rings (SSSR count). The zero-order chi connectivity index (χ0) is 13.8. The molecule has 3 fully saturated rings. The summed E-state index contributed by atoms with van der Waals surface area (Å²) in [6.45, 7) is 7.14. The lowest BCUT2D eigenvalue weighted by Gasteiger charge is -2.35. The van der Waals surface area contributed by atoms with E-state index >= 15 is 0 Å². The Balaban J connectivity index is 1.41. The zero-order valence-electron chi connectivity index (χ0n) is 12.4. The third-order valence-corrected chi connectivity index (χ3v) is 4.99. The number of carbonyl (C=O) groups is 1. The van der Waals surface area contributed by atoms with E-state index in [2.05, 4.69) is 20.4 Å². The van der Waals surface area contributed by atoms with Gasteiger partial charge < -0.3 is 15.5 Å². The summed E-state index contributed by atoms with van der Waals surface area (Å²) >= 11 is 0. The molecule has 0 bridgehead atoms. The number of amides is 1. The zero-order valence-corrected chi connectivity index (χ0v) is 12.4. The van der Waals surface area contributed by atoms with Crippen LogP contribution in [0.4, 0.5) is 0 Å². The topological polar surface area (TPSA) is 47.6 Å². The van der Waals surface area contributed by atoms with Gasteiger partial charge in [0.25, 0.3) is 0 Å².